The van der Waals surface area contributed by atoms with Crippen LogP contribution in [0.25, 0.3) is 0 Å². The third-order valence-corrected chi connectivity index (χ3v) is 8.18. The SMILES string of the molecule is CCOc1ccccc1N(CC(=O)N(Cc1ccccc1Cl)[C@H](C)C(=O)NC)S(=O)(=O)c1ccc(C)cc1. The number of benzene rings is 3. The Kier molecular flexibility index (Phi) is 9.77. The number of hydrogen-bond acceptors (Lipinski definition) is 5. The molecule has 38 heavy (non-hydrogen) atoms. The van der Waals surface area contributed by atoms with Crippen LogP contribution in [0.2, 0.25) is 5.02 Å². The summed E-state index contributed by atoms with van der Waals surface area (Å²) in [5, 5.41) is 2.99. The monoisotopic (exact) mass is 557 g/mol. The van der Waals surface area contributed by atoms with Crippen LogP contribution in [0.5, 0.6) is 5.75 Å². The Morgan fingerprint density at radius 2 is 1.63 bits per heavy atom. The molecule has 0 fully saturated rings. The molecule has 3 rings (SSSR count). The summed E-state index contributed by atoms with van der Waals surface area (Å²) in [6.07, 6.45) is 0. The molecular weight excluding hydrogens is 526 g/mol. The molecule has 2 amide bonds. The Morgan fingerprint density at radius 1 is 1.00 bits per heavy atom. The fraction of sp³-hybridized carbons (Fsp3) is 0.286. The first-order chi connectivity index (χ1) is 18.1. The van der Waals surface area contributed by atoms with Crippen molar-refractivity contribution in [3.63, 3.8) is 0 Å². The van der Waals surface area contributed by atoms with E-state index in [1.807, 2.05) is 6.92 Å². The number of sulfonamides is 1. The summed E-state index contributed by atoms with van der Waals surface area (Å²) in [6.45, 7) is 4.98. The number of carbonyl (C=O) groups excluding carboxylic acids is 2. The van der Waals surface area contributed by atoms with Gasteiger partial charge in [0.1, 0.15) is 18.3 Å². The lowest BCUT2D eigenvalue weighted by molar-refractivity contribution is -0.139. The summed E-state index contributed by atoms with van der Waals surface area (Å²) >= 11 is 6.35. The van der Waals surface area contributed by atoms with E-state index in [0.717, 1.165) is 9.87 Å². The first-order valence-electron chi connectivity index (χ1n) is 12.2. The molecule has 0 aliphatic heterocycles. The molecule has 0 heterocycles. The van der Waals surface area contributed by atoms with Crippen LogP contribution < -0.4 is 14.4 Å². The van der Waals surface area contributed by atoms with Gasteiger partial charge >= 0.3 is 0 Å². The minimum Gasteiger partial charge on any atom is -0.492 e. The van der Waals surface area contributed by atoms with Crippen LogP contribution in [0.4, 0.5) is 5.69 Å². The van der Waals surface area contributed by atoms with Gasteiger partial charge in [0.15, 0.2) is 0 Å². The van der Waals surface area contributed by atoms with Crippen LogP contribution in [-0.2, 0) is 26.2 Å². The lowest BCUT2D eigenvalue weighted by Gasteiger charge is -2.32. The summed E-state index contributed by atoms with van der Waals surface area (Å²) in [4.78, 5) is 27.8. The number of rotatable bonds is 11. The second-order valence-corrected chi connectivity index (χ2v) is 10.9. The van der Waals surface area contributed by atoms with E-state index in [1.165, 1.54) is 24.1 Å². The number of likely N-dealkylation sites (N-methyl/N-ethyl adjacent to an activating group) is 1. The Labute approximate surface area is 229 Å². The van der Waals surface area contributed by atoms with Gasteiger partial charge in [-0.1, -0.05) is 59.6 Å². The van der Waals surface area contributed by atoms with Crippen molar-refractivity contribution in [2.24, 2.45) is 0 Å². The molecule has 8 nitrogen and oxygen atoms in total. The molecule has 0 aliphatic rings. The van der Waals surface area contributed by atoms with Crippen molar-refractivity contribution in [2.45, 2.75) is 38.3 Å². The molecule has 3 aromatic carbocycles. The summed E-state index contributed by atoms with van der Waals surface area (Å²) < 4.78 is 34.6. The fourth-order valence-electron chi connectivity index (χ4n) is 3.89. The van der Waals surface area contributed by atoms with E-state index in [2.05, 4.69) is 5.32 Å². The van der Waals surface area contributed by atoms with Gasteiger partial charge in [-0.3, -0.25) is 13.9 Å². The Balaban J connectivity index is 2.10. The van der Waals surface area contributed by atoms with E-state index in [-0.39, 0.29) is 17.1 Å². The number of nitrogens with one attached hydrogen (secondary N) is 1. The average Bonchev–Trinajstić information content (AvgIpc) is 2.91. The van der Waals surface area contributed by atoms with Gasteiger partial charge in [0.25, 0.3) is 10.0 Å². The topological polar surface area (TPSA) is 96.0 Å². The van der Waals surface area contributed by atoms with Gasteiger partial charge < -0.3 is 15.0 Å². The number of nitrogens with zero attached hydrogens (tertiary/aromatic N) is 2. The van der Waals surface area contributed by atoms with Crippen molar-refractivity contribution in [1.29, 1.82) is 0 Å². The number of halogens is 1. The maximum absolute atomic E-state index is 13.9. The number of ether oxygens (including phenoxy) is 1. The molecule has 202 valence electrons. The zero-order chi connectivity index (χ0) is 27.9. The molecular formula is C28H32ClN3O5S. The number of hydrogen-bond donors (Lipinski definition) is 1. The molecule has 0 bridgehead atoms. The van der Waals surface area contributed by atoms with Crippen molar-refractivity contribution in [3.8, 4) is 5.75 Å². The van der Waals surface area contributed by atoms with Crippen LogP contribution in [0.15, 0.2) is 77.7 Å². The van der Waals surface area contributed by atoms with Gasteiger partial charge in [-0.25, -0.2) is 8.42 Å². The first-order valence-corrected chi connectivity index (χ1v) is 14.0. The predicted octanol–water partition coefficient (Wildman–Crippen LogP) is 4.41. The number of amides is 2. The van der Waals surface area contributed by atoms with E-state index in [1.54, 1.807) is 74.5 Å². The molecule has 1 N–H and O–H groups in total. The highest BCUT2D eigenvalue weighted by Gasteiger charge is 2.33. The lowest BCUT2D eigenvalue weighted by Crippen LogP contribution is -2.50. The number of carbonyl (C=O) groups is 2. The Morgan fingerprint density at radius 3 is 2.26 bits per heavy atom. The zero-order valence-corrected chi connectivity index (χ0v) is 23.4. The molecule has 3 aromatic rings. The average molecular weight is 558 g/mol. The standard InChI is InChI=1S/C28H32ClN3O5S/c1-5-37-26-13-9-8-12-25(26)32(38(35,36)23-16-14-20(2)15-17-23)19-27(33)31(21(3)28(34)30-4)18-22-10-6-7-11-24(22)29/h6-17,21H,5,18-19H2,1-4H3,(H,30,34)/t21-/m1/s1. The van der Waals surface area contributed by atoms with Crippen LogP contribution in [0.1, 0.15) is 25.0 Å². The van der Waals surface area contributed by atoms with E-state index >= 15 is 0 Å². The smallest absolute Gasteiger partial charge is 0.264 e. The predicted molar refractivity (Wildman–Crippen MR) is 149 cm³/mol. The van der Waals surface area contributed by atoms with Crippen molar-refractivity contribution >= 4 is 39.1 Å². The molecule has 10 heteroatoms. The van der Waals surface area contributed by atoms with E-state index in [0.29, 0.717) is 22.9 Å². The third-order valence-electron chi connectivity index (χ3n) is 6.03. The Hall–Kier alpha value is -3.56. The van der Waals surface area contributed by atoms with Gasteiger partial charge in [0.05, 0.1) is 17.2 Å². The molecule has 0 saturated heterocycles. The van der Waals surface area contributed by atoms with Crippen LogP contribution in [-0.4, -0.2) is 51.4 Å². The van der Waals surface area contributed by atoms with Gasteiger partial charge in [-0.2, -0.15) is 0 Å². The summed E-state index contributed by atoms with van der Waals surface area (Å²) in [6, 6.07) is 19.1. The van der Waals surface area contributed by atoms with Crippen LogP contribution in [0, 0.1) is 6.92 Å². The molecule has 0 aliphatic carbocycles. The largest absolute Gasteiger partial charge is 0.492 e. The molecule has 0 unspecified atom stereocenters. The van der Waals surface area contributed by atoms with Gasteiger partial charge in [0.2, 0.25) is 11.8 Å². The number of aryl methyl sites for hydroxylation is 1. The van der Waals surface area contributed by atoms with Crippen molar-refractivity contribution in [1.82, 2.24) is 10.2 Å². The molecule has 0 spiro atoms. The van der Waals surface area contributed by atoms with Crippen LogP contribution in [0.3, 0.4) is 0 Å². The zero-order valence-electron chi connectivity index (χ0n) is 21.8. The summed E-state index contributed by atoms with van der Waals surface area (Å²) in [7, 11) is -2.72. The van der Waals surface area contributed by atoms with Crippen molar-refractivity contribution in [3.05, 3.63) is 88.9 Å². The number of anilines is 1. The molecule has 0 aromatic heterocycles. The lowest BCUT2D eigenvalue weighted by atomic mass is 10.1. The minimum absolute atomic E-state index is 0.0125. The quantitative estimate of drug-likeness (QED) is 0.377. The second-order valence-electron chi connectivity index (χ2n) is 8.63. The highest BCUT2D eigenvalue weighted by atomic mass is 35.5. The van der Waals surface area contributed by atoms with Gasteiger partial charge in [0, 0.05) is 18.6 Å². The second kappa shape index (κ2) is 12.8. The van der Waals surface area contributed by atoms with E-state index in [9.17, 15) is 18.0 Å². The minimum atomic E-state index is -4.19. The van der Waals surface area contributed by atoms with Crippen molar-refractivity contribution in [2.75, 3.05) is 24.5 Å². The normalized spacial score (nSPS) is 11.9. The molecule has 0 saturated carbocycles. The fourth-order valence-corrected chi connectivity index (χ4v) is 5.51. The van der Waals surface area contributed by atoms with E-state index < -0.39 is 34.4 Å². The van der Waals surface area contributed by atoms with Crippen LogP contribution >= 0.6 is 11.6 Å². The van der Waals surface area contributed by atoms with Gasteiger partial charge in [-0.15, -0.1) is 0 Å². The van der Waals surface area contributed by atoms with Crippen molar-refractivity contribution < 1.29 is 22.7 Å². The third kappa shape index (κ3) is 6.65. The molecule has 0 radical (unpaired) electrons. The highest BCUT2D eigenvalue weighted by molar-refractivity contribution is 7.92. The van der Waals surface area contributed by atoms with Gasteiger partial charge in [-0.05, 0) is 56.7 Å². The highest BCUT2D eigenvalue weighted by Crippen LogP contribution is 2.33. The van der Waals surface area contributed by atoms with E-state index in [4.69, 9.17) is 16.3 Å². The number of para-hydroxylation sites is 2. The Bertz CT molecular complexity index is 1380. The first kappa shape index (κ1) is 29.0. The maximum Gasteiger partial charge on any atom is 0.264 e. The molecule has 1 atom stereocenters. The summed E-state index contributed by atoms with van der Waals surface area (Å²) in [5.41, 5.74) is 1.74. The maximum atomic E-state index is 13.9. The summed E-state index contributed by atoms with van der Waals surface area (Å²) in [5.74, 6) is -0.661.